The first-order valence-electron chi connectivity index (χ1n) is 5.42. The van der Waals surface area contributed by atoms with Crippen LogP contribution in [0.3, 0.4) is 0 Å². The Morgan fingerprint density at radius 2 is 2.60 bits per heavy atom. The monoisotopic (exact) mass is 223 g/mol. The fraction of sp³-hybridized carbons (Fsp3) is 0.500. The Bertz CT molecular complexity index is 307. The van der Waals surface area contributed by atoms with Crippen molar-refractivity contribution in [3.63, 3.8) is 0 Å². The van der Waals surface area contributed by atoms with Crippen molar-refractivity contribution < 1.29 is 4.74 Å². The van der Waals surface area contributed by atoms with E-state index in [1.165, 1.54) is 5.56 Å². The number of nitrogens with one attached hydrogen (secondary N) is 1. The molecular weight excluding hydrogens is 206 g/mol. The molecule has 1 aromatic rings. The van der Waals surface area contributed by atoms with E-state index in [1.807, 2.05) is 6.26 Å². The number of ether oxygens (including phenoxy) is 1. The van der Waals surface area contributed by atoms with Gasteiger partial charge in [0.15, 0.2) is 0 Å². The van der Waals surface area contributed by atoms with E-state index in [4.69, 9.17) is 4.74 Å². The average molecular weight is 223 g/mol. The largest absolute Gasteiger partial charge is 0.497 e. The molecule has 1 N–H and O–H groups in total. The maximum atomic E-state index is 5.51. The second-order valence-electron chi connectivity index (χ2n) is 3.89. The quantitative estimate of drug-likeness (QED) is 0.847. The molecule has 2 nitrogen and oxygen atoms in total. The van der Waals surface area contributed by atoms with Gasteiger partial charge >= 0.3 is 0 Å². The normalized spacial score (nSPS) is 22.3. The summed E-state index contributed by atoms with van der Waals surface area (Å²) < 4.78 is 5.51. The molecule has 2 heterocycles. The summed E-state index contributed by atoms with van der Waals surface area (Å²) in [6.07, 6.45) is 6.51. The molecular formula is C12H17NOS. The second-order valence-corrected chi connectivity index (χ2v) is 4.67. The number of allylic oxidation sites excluding steroid dienone is 1. The van der Waals surface area contributed by atoms with E-state index in [-0.39, 0.29) is 0 Å². The van der Waals surface area contributed by atoms with Gasteiger partial charge in [0.25, 0.3) is 0 Å². The van der Waals surface area contributed by atoms with Crippen LogP contribution >= 0.6 is 11.3 Å². The van der Waals surface area contributed by atoms with Crippen molar-refractivity contribution in [3.8, 4) is 0 Å². The van der Waals surface area contributed by atoms with Crippen molar-refractivity contribution in [2.75, 3.05) is 6.54 Å². The Kier molecular flexibility index (Phi) is 3.80. The van der Waals surface area contributed by atoms with Gasteiger partial charge in [-0.25, -0.2) is 0 Å². The van der Waals surface area contributed by atoms with Crippen LogP contribution in [0.15, 0.2) is 29.2 Å². The molecule has 0 saturated carbocycles. The molecule has 2 rings (SSSR count). The lowest BCUT2D eigenvalue weighted by Crippen LogP contribution is -2.30. The Morgan fingerprint density at radius 3 is 3.27 bits per heavy atom. The highest BCUT2D eigenvalue weighted by molar-refractivity contribution is 7.07. The van der Waals surface area contributed by atoms with Crippen LogP contribution in [0, 0.1) is 0 Å². The molecule has 1 aliphatic heterocycles. The maximum absolute atomic E-state index is 5.51. The summed E-state index contributed by atoms with van der Waals surface area (Å²) in [4.78, 5) is 0. The van der Waals surface area contributed by atoms with E-state index < -0.39 is 0 Å². The fourth-order valence-corrected chi connectivity index (χ4v) is 2.44. The highest BCUT2D eigenvalue weighted by Crippen LogP contribution is 2.16. The Morgan fingerprint density at radius 1 is 1.67 bits per heavy atom. The fourth-order valence-electron chi connectivity index (χ4n) is 1.68. The molecule has 1 aliphatic rings. The number of hydrogen-bond donors (Lipinski definition) is 1. The van der Waals surface area contributed by atoms with Gasteiger partial charge in [-0.3, -0.25) is 0 Å². The van der Waals surface area contributed by atoms with Gasteiger partial charge < -0.3 is 10.1 Å². The molecule has 2 unspecified atom stereocenters. The van der Waals surface area contributed by atoms with Gasteiger partial charge in [-0.2, -0.15) is 11.3 Å². The minimum atomic E-state index is 0.344. The molecule has 15 heavy (non-hydrogen) atoms. The molecule has 2 atom stereocenters. The lowest BCUT2D eigenvalue weighted by molar-refractivity contribution is 0.120. The third kappa shape index (κ3) is 3.08. The van der Waals surface area contributed by atoms with E-state index in [9.17, 15) is 0 Å². The highest BCUT2D eigenvalue weighted by Gasteiger charge is 2.12. The van der Waals surface area contributed by atoms with Crippen LogP contribution in [0.1, 0.15) is 31.4 Å². The van der Waals surface area contributed by atoms with Gasteiger partial charge in [0.1, 0.15) is 6.10 Å². The van der Waals surface area contributed by atoms with E-state index in [0.717, 1.165) is 19.4 Å². The lowest BCUT2D eigenvalue weighted by atomic mass is 10.1. The molecule has 0 amide bonds. The zero-order valence-corrected chi connectivity index (χ0v) is 9.80. The van der Waals surface area contributed by atoms with E-state index in [2.05, 4.69) is 35.1 Å². The van der Waals surface area contributed by atoms with Gasteiger partial charge in [-0.1, -0.05) is 0 Å². The third-order valence-electron chi connectivity index (χ3n) is 2.72. The smallest absolute Gasteiger partial charge is 0.110 e. The van der Waals surface area contributed by atoms with Crippen molar-refractivity contribution in [3.05, 3.63) is 34.7 Å². The second kappa shape index (κ2) is 5.33. The van der Waals surface area contributed by atoms with E-state index >= 15 is 0 Å². The average Bonchev–Trinajstić information content (AvgIpc) is 2.81. The molecule has 0 saturated heterocycles. The van der Waals surface area contributed by atoms with Crippen LogP contribution in [0.2, 0.25) is 0 Å². The summed E-state index contributed by atoms with van der Waals surface area (Å²) in [6.45, 7) is 3.13. The minimum Gasteiger partial charge on any atom is -0.497 e. The van der Waals surface area contributed by atoms with Crippen LogP contribution < -0.4 is 5.32 Å². The van der Waals surface area contributed by atoms with Gasteiger partial charge in [0, 0.05) is 12.6 Å². The summed E-state index contributed by atoms with van der Waals surface area (Å²) >= 11 is 1.75. The van der Waals surface area contributed by atoms with Crippen molar-refractivity contribution in [2.24, 2.45) is 0 Å². The predicted molar refractivity (Wildman–Crippen MR) is 64.0 cm³/mol. The number of hydrogen-bond acceptors (Lipinski definition) is 3. The molecule has 0 aromatic carbocycles. The van der Waals surface area contributed by atoms with Crippen molar-refractivity contribution in [2.45, 2.75) is 31.9 Å². The van der Waals surface area contributed by atoms with Crippen LogP contribution in [0.4, 0.5) is 0 Å². The maximum Gasteiger partial charge on any atom is 0.110 e. The number of rotatable bonds is 4. The van der Waals surface area contributed by atoms with Gasteiger partial charge in [-0.05, 0) is 48.2 Å². The van der Waals surface area contributed by atoms with Crippen LogP contribution in [0.25, 0.3) is 0 Å². The standard InChI is InChI=1S/C12H17NOS/c1-10(11-5-7-15-9-11)13-8-12-4-2-3-6-14-12/h3,5-7,9-10,12-13H,2,4,8H2,1H3. The van der Waals surface area contributed by atoms with Gasteiger partial charge in [0.05, 0.1) is 6.26 Å². The van der Waals surface area contributed by atoms with E-state index in [0.29, 0.717) is 12.1 Å². The molecule has 0 spiro atoms. The summed E-state index contributed by atoms with van der Waals surface area (Å²) in [5.74, 6) is 0. The first-order chi connectivity index (χ1) is 7.36. The summed E-state index contributed by atoms with van der Waals surface area (Å²) in [5, 5.41) is 7.81. The lowest BCUT2D eigenvalue weighted by Gasteiger charge is -2.22. The molecule has 3 heteroatoms. The Balaban J connectivity index is 1.75. The molecule has 82 valence electrons. The molecule has 1 aromatic heterocycles. The summed E-state index contributed by atoms with van der Waals surface area (Å²) in [5.41, 5.74) is 1.37. The molecule has 0 fully saturated rings. The van der Waals surface area contributed by atoms with Crippen LogP contribution in [0.5, 0.6) is 0 Å². The van der Waals surface area contributed by atoms with Crippen molar-refractivity contribution >= 4 is 11.3 Å². The van der Waals surface area contributed by atoms with Gasteiger partial charge in [0.2, 0.25) is 0 Å². The summed E-state index contributed by atoms with van der Waals surface area (Å²) in [6, 6.07) is 2.59. The highest BCUT2D eigenvalue weighted by atomic mass is 32.1. The van der Waals surface area contributed by atoms with Crippen LogP contribution in [-0.2, 0) is 4.74 Å². The predicted octanol–water partition coefficient (Wildman–Crippen LogP) is 3.09. The molecule has 0 bridgehead atoms. The van der Waals surface area contributed by atoms with Crippen molar-refractivity contribution in [1.29, 1.82) is 0 Å². The third-order valence-corrected chi connectivity index (χ3v) is 3.42. The zero-order valence-electron chi connectivity index (χ0n) is 8.98. The Hall–Kier alpha value is -0.800. The van der Waals surface area contributed by atoms with E-state index in [1.54, 1.807) is 11.3 Å². The zero-order chi connectivity index (χ0) is 10.5. The Labute approximate surface area is 95.0 Å². The SMILES string of the molecule is CC(NCC1CCC=CO1)c1ccsc1. The molecule has 0 radical (unpaired) electrons. The van der Waals surface area contributed by atoms with Crippen LogP contribution in [-0.4, -0.2) is 12.6 Å². The van der Waals surface area contributed by atoms with Crippen molar-refractivity contribution in [1.82, 2.24) is 5.32 Å². The molecule has 0 aliphatic carbocycles. The number of thiophene rings is 1. The first kappa shape index (κ1) is 10.7. The minimum absolute atomic E-state index is 0.344. The topological polar surface area (TPSA) is 21.3 Å². The summed E-state index contributed by atoms with van der Waals surface area (Å²) in [7, 11) is 0. The first-order valence-corrected chi connectivity index (χ1v) is 6.36. The van der Waals surface area contributed by atoms with Gasteiger partial charge in [-0.15, -0.1) is 0 Å².